The van der Waals surface area contributed by atoms with Gasteiger partial charge in [-0.1, -0.05) is 24.3 Å². The van der Waals surface area contributed by atoms with Gasteiger partial charge in [0.2, 0.25) is 5.36 Å². The van der Waals surface area contributed by atoms with Crippen molar-refractivity contribution in [3.05, 3.63) is 86.9 Å². The first-order valence-electron chi connectivity index (χ1n) is 11.9. The lowest BCUT2D eigenvalue weighted by atomic mass is 9.88. The van der Waals surface area contributed by atoms with Gasteiger partial charge in [-0.25, -0.2) is 4.58 Å². The topological polar surface area (TPSA) is 43.5 Å². The van der Waals surface area contributed by atoms with Crippen molar-refractivity contribution in [3.8, 4) is 0 Å². The van der Waals surface area contributed by atoms with Crippen LogP contribution in [0, 0.1) is 6.92 Å². The van der Waals surface area contributed by atoms with E-state index in [9.17, 15) is 9.46 Å². The van der Waals surface area contributed by atoms with E-state index in [1.165, 1.54) is 16.7 Å². The first kappa shape index (κ1) is 20.9. The van der Waals surface area contributed by atoms with Crippen molar-refractivity contribution >= 4 is 29.2 Å². The van der Waals surface area contributed by atoms with Crippen LogP contribution in [0.3, 0.4) is 0 Å². The van der Waals surface area contributed by atoms with Gasteiger partial charge >= 0.3 is 0 Å². The van der Waals surface area contributed by atoms with E-state index in [1.807, 2.05) is 12.1 Å². The van der Waals surface area contributed by atoms with Crippen LogP contribution in [0.15, 0.2) is 48.5 Å². The molecule has 0 bridgehead atoms. The van der Waals surface area contributed by atoms with Gasteiger partial charge in [0.1, 0.15) is 13.6 Å². The van der Waals surface area contributed by atoms with E-state index >= 15 is 0 Å². The van der Waals surface area contributed by atoms with Gasteiger partial charge in [-0.15, -0.1) is 0 Å². The zero-order valence-corrected chi connectivity index (χ0v) is 20.5. The van der Waals surface area contributed by atoms with Crippen LogP contribution in [0.5, 0.6) is 0 Å². The fourth-order valence-corrected chi connectivity index (χ4v) is 7.79. The number of rotatable bonds is 1. The van der Waals surface area contributed by atoms with Gasteiger partial charge < -0.3 is 9.79 Å². The molecule has 0 spiro atoms. The summed E-state index contributed by atoms with van der Waals surface area (Å²) in [7, 11) is 0.409. The Hall–Kier alpha value is -2.68. The Balaban J connectivity index is 1.81. The quantitative estimate of drug-likeness (QED) is 0.450. The number of aryl methyl sites for hydroxylation is 3. The second-order valence-corrected chi connectivity index (χ2v) is 11.9. The molecule has 3 aromatic rings. The molecule has 0 aliphatic carbocycles. The Kier molecular flexibility index (Phi) is 4.69. The SMILES string of the molecule is Cc1ccccc1C1=c2cc3c(cc2P(=O)(O)c2cc4c(cc21)CCCN4C)=[N+](C)CCC3. The van der Waals surface area contributed by atoms with E-state index in [1.54, 1.807) is 0 Å². The van der Waals surface area contributed by atoms with Crippen LogP contribution >= 0.6 is 7.37 Å². The second kappa shape index (κ2) is 7.41. The average Bonchev–Trinajstić information content (AvgIpc) is 2.79. The summed E-state index contributed by atoms with van der Waals surface area (Å²) in [6, 6.07) is 16.9. The summed E-state index contributed by atoms with van der Waals surface area (Å²) < 4.78 is 16.5. The molecular weight excluding hydrogens is 427 g/mol. The van der Waals surface area contributed by atoms with Gasteiger partial charge in [-0.2, -0.15) is 0 Å². The van der Waals surface area contributed by atoms with Crippen LogP contribution < -0.4 is 30.7 Å². The van der Waals surface area contributed by atoms with Crippen molar-refractivity contribution in [1.82, 2.24) is 4.58 Å². The third-order valence-electron chi connectivity index (χ3n) is 7.70. The van der Waals surface area contributed by atoms with Crippen molar-refractivity contribution in [2.75, 3.05) is 32.1 Å². The van der Waals surface area contributed by atoms with Crippen LogP contribution in [0.1, 0.15) is 40.7 Å². The highest BCUT2D eigenvalue weighted by Gasteiger charge is 2.37. The van der Waals surface area contributed by atoms with Gasteiger partial charge in [-0.05, 0) is 77.4 Å². The van der Waals surface area contributed by atoms with Crippen molar-refractivity contribution < 1.29 is 9.46 Å². The monoisotopic (exact) mass is 457 g/mol. The highest BCUT2D eigenvalue weighted by atomic mass is 31.2. The minimum atomic E-state index is -3.76. The van der Waals surface area contributed by atoms with Crippen molar-refractivity contribution in [1.29, 1.82) is 0 Å². The molecule has 3 aliphatic rings. The summed E-state index contributed by atoms with van der Waals surface area (Å²) in [6.07, 6.45) is 4.22. The lowest BCUT2D eigenvalue weighted by molar-refractivity contribution is 0.500. The lowest BCUT2D eigenvalue weighted by Crippen LogP contribution is -2.45. The summed E-state index contributed by atoms with van der Waals surface area (Å²) in [5, 5.41) is 3.19. The minimum Gasteiger partial charge on any atom is -0.374 e. The van der Waals surface area contributed by atoms with E-state index in [-0.39, 0.29) is 0 Å². The Labute approximate surface area is 195 Å². The van der Waals surface area contributed by atoms with Crippen molar-refractivity contribution in [2.24, 2.45) is 0 Å². The highest BCUT2D eigenvalue weighted by molar-refractivity contribution is 7.73. The van der Waals surface area contributed by atoms with Gasteiger partial charge in [0.05, 0.1) is 10.6 Å². The molecule has 3 aromatic carbocycles. The maximum absolute atomic E-state index is 14.2. The third kappa shape index (κ3) is 3.08. The van der Waals surface area contributed by atoms with Crippen LogP contribution in [0.4, 0.5) is 5.69 Å². The van der Waals surface area contributed by atoms with E-state index in [4.69, 9.17) is 0 Å². The number of hydrogen-bond donors (Lipinski definition) is 1. The molecule has 0 saturated heterocycles. The maximum atomic E-state index is 14.2. The zero-order valence-electron chi connectivity index (χ0n) is 19.6. The molecule has 1 unspecified atom stereocenters. The summed E-state index contributed by atoms with van der Waals surface area (Å²) in [5.41, 5.74) is 8.00. The van der Waals surface area contributed by atoms with E-state index < -0.39 is 7.37 Å². The Morgan fingerprint density at radius 3 is 2.58 bits per heavy atom. The zero-order chi connectivity index (χ0) is 22.9. The molecule has 168 valence electrons. The average molecular weight is 458 g/mol. The third-order valence-corrected chi connectivity index (χ3v) is 9.75. The molecule has 0 radical (unpaired) electrons. The molecule has 1 atom stereocenters. The molecule has 0 fully saturated rings. The smallest absolute Gasteiger partial charge is 0.260 e. The largest absolute Gasteiger partial charge is 0.374 e. The minimum absolute atomic E-state index is 0.583. The van der Waals surface area contributed by atoms with E-state index in [0.29, 0.717) is 10.6 Å². The van der Waals surface area contributed by atoms with Crippen LogP contribution in [-0.2, 0) is 17.4 Å². The molecule has 4 nitrogen and oxygen atoms in total. The number of benzene rings is 3. The number of anilines is 1. The summed E-state index contributed by atoms with van der Waals surface area (Å²) in [5.74, 6) is 0. The van der Waals surface area contributed by atoms with E-state index in [0.717, 1.165) is 71.7 Å². The molecule has 0 amide bonds. The Bertz CT molecular complexity index is 1510. The van der Waals surface area contributed by atoms with Gasteiger partial charge in [0, 0.05) is 37.3 Å². The van der Waals surface area contributed by atoms with Gasteiger partial charge in [-0.3, -0.25) is 4.57 Å². The van der Waals surface area contributed by atoms with Gasteiger partial charge in [0.15, 0.2) is 0 Å². The number of nitrogens with zero attached hydrogens (tertiary/aromatic N) is 2. The molecule has 5 heteroatoms. The predicted molar refractivity (Wildman–Crippen MR) is 136 cm³/mol. The van der Waals surface area contributed by atoms with E-state index in [2.05, 4.69) is 66.9 Å². The Morgan fingerprint density at radius 1 is 0.970 bits per heavy atom. The fourth-order valence-electron chi connectivity index (χ4n) is 5.93. The lowest BCUT2D eigenvalue weighted by Gasteiger charge is -2.32. The van der Waals surface area contributed by atoms with Crippen LogP contribution in [-0.4, -0.2) is 32.1 Å². The summed E-state index contributed by atoms with van der Waals surface area (Å²) in [6.45, 7) is 4.09. The molecule has 6 rings (SSSR count). The number of hydrogen-bond acceptors (Lipinski definition) is 2. The normalized spacial score (nSPS) is 21.3. The maximum Gasteiger partial charge on any atom is 0.260 e. The first-order valence-corrected chi connectivity index (χ1v) is 13.6. The molecule has 1 N–H and O–H groups in total. The second-order valence-electron chi connectivity index (χ2n) is 9.81. The molecule has 3 heterocycles. The molecular formula is C28H30N2O2P+. The van der Waals surface area contributed by atoms with Crippen LogP contribution in [0.25, 0.3) is 5.57 Å². The summed E-state index contributed by atoms with van der Waals surface area (Å²) >= 11 is 0. The van der Waals surface area contributed by atoms with Crippen LogP contribution in [0.2, 0.25) is 0 Å². The van der Waals surface area contributed by atoms with Gasteiger partial charge in [0.25, 0.3) is 7.37 Å². The number of fused-ring (bicyclic) bond motifs is 4. The Morgan fingerprint density at radius 2 is 1.76 bits per heavy atom. The highest BCUT2D eigenvalue weighted by Crippen LogP contribution is 2.45. The fraction of sp³-hybridized carbons (Fsp3) is 0.321. The molecule has 0 aromatic heterocycles. The van der Waals surface area contributed by atoms with Crippen molar-refractivity contribution in [2.45, 2.75) is 32.6 Å². The molecule has 3 aliphatic heterocycles. The van der Waals surface area contributed by atoms with Crippen molar-refractivity contribution in [3.63, 3.8) is 0 Å². The predicted octanol–water partition coefficient (Wildman–Crippen LogP) is 2.23. The molecule has 33 heavy (non-hydrogen) atoms. The summed E-state index contributed by atoms with van der Waals surface area (Å²) in [4.78, 5) is 13.9. The molecule has 0 saturated carbocycles. The standard InChI is InChI=1S/C28H29N2O2P/c1-18-8-4-5-11-21(18)28-22-14-19-9-6-12-29(2)24(19)16-26(22)33(31,32)27-17-25-20(15-23(27)28)10-7-13-30(25)3/h4-5,8,11,14-17H,6-7,9-10,12-13H2,1-3H3/p+1. The first-order chi connectivity index (χ1) is 15.9.